The second-order valence-corrected chi connectivity index (χ2v) is 5.69. The Bertz CT molecular complexity index is 627. The van der Waals surface area contributed by atoms with E-state index in [9.17, 15) is 15.3 Å². The molecule has 0 aliphatic rings. The molecule has 0 aliphatic carbocycles. The second-order valence-electron chi connectivity index (χ2n) is 5.69. The number of hydrogen-bond acceptors (Lipinski definition) is 4. The van der Waals surface area contributed by atoms with Gasteiger partial charge in [0.15, 0.2) is 23.0 Å². The van der Waals surface area contributed by atoms with E-state index in [-0.39, 0.29) is 22.7 Å². The maximum absolute atomic E-state index is 10.0. The van der Waals surface area contributed by atoms with Gasteiger partial charge in [-0.3, -0.25) is 0 Å². The first-order chi connectivity index (χ1) is 9.27. The van der Waals surface area contributed by atoms with Crippen molar-refractivity contribution in [3.63, 3.8) is 0 Å². The molecule has 0 fully saturated rings. The number of rotatable bonds is 2. The van der Waals surface area contributed by atoms with Crippen molar-refractivity contribution >= 4 is 0 Å². The van der Waals surface area contributed by atoms with Gasteiger partial charge in [0.25, 0.3) is 0 Å². The highest BCUT2D eigenvalue weighted by Gasteiger charge is 2.16. The minimum absolute atomic E-state index is 0.0324. The molecule has 0 radical (unpaired) electrons. The van der Waals surface area contributed by atoms with Crippen LogP contribution in [0.3, 0.4) is 0 Å². The molecule has 0 heterocycles. The first kappa shape index (κ1) is 14.1. The number of hydrogen-bond donors (Lipinski definition) is 3. The van der Waals surface area contributed by atoms with Crippen molar-refractivity contribution in [1.82, 2.24) is 0 Å². The standard InChI is InChI=1S/C16H18O4/c1-16(2,3)10-4-7-15(14(19)8-10)20-11-5-6-12(17)13(18)9-11/h4-9,17-19H,1-3H3. The lowest BCUT2D eigenvalue weighted by Crippen LogP contribution is -2.10. The molecule has 0 saturated carbocycles. The third-order valence-electron chi connectivity index (χ3n) is 3.00. The summed E-state index contributed by atoms with van der Waals surface area (Å²) in [5, 5.41) is 28.6. The smallest absolute Gasteiger partial charge is 0.169 e. The predicted octanol–water partition coefficient (Wildman–Crippen LogP) is 3.89. The molecule has 2 rings (SSSR count). The maximum Gasteiger partial charge on any atom is 0.169 e. The Balaban J connectivity index is 2.28. The van der Waals surface area contributed by atoms with E-state index in [1.165, 1.54) is 18.2 Å². The SMILES string of the molecule is CC(C)(C)c1ccc(Oc2ccc(O)c(O)c2)c(O)c1. The quantitative estimate of drug-likeness (QED) is 0.726. The topological polar surface area (TPSA) is 69.9 Å². The summed E-state index contributed by atoms with van der Waals surface area (Å²) in [5.41, 5.74) is 0.934. The van der Waals surface area contributed by atoms with Crippen molar-refractivity contribution in [2.24, 2.45) is 0 Å². The van der Waals surface area contributed by atoms with Crippen molar-refractivity contribution in [3.05, 3.63) is 42.0 Å². The Morgan fingerprint density at radius 2 is 1.50 bits per heavy atom. The molecule has 106 valence electrons. The highest BCUT2D eigenvalue weighted by Crippen LogP contribution is 2.37. The summed E-state index contributed by atoms with van der Waals surface area (Å²) in [4.78, 5) is 0. The lowest BCUT2D eigenvalue weighted by Gasteiger charge is -2.20. The largest absolute Gasteiger partial charge is 0.504 e. The average molecular weight is 274 g/mol. The minimum atomic E-state index is -0.270. The Hall–Kier alpha value is -2.36. The zero-order valence-corrected chi connectivity index (χ0v) is 11.7. The molecule has 0 saturated heterocycles. The third kappa shape index (κ3) is 2.96. The van der Waals surface area contributed by atoms with Gasteiger partial charge < -0.3 is 20.1 Å². The highest BCUT2D eigenvalue weighted by atomic mass is 16.5. The van der Waals surface area contributed by atoms with Gasteiger partial charge in [0.05, 0.1) is 0 Å². The van der Waals surface area contributed by atoms with Crippen LogP contribution in [0.15, 0.2) is 36.4 Å². The molecular weight excluding hydrogens is 256 g/mol. The van der Waals surface area contributed by atoms with Gasteiger partial charge in [-0.05, 0) is 35.2 Å². The zero-order valence-electron chi connectivity index (χ0n) is 11.7. The van der Waals surface area contributed by atoms with E-state index < -0.39 is 0 Å². The molecule has 0 spiro atoms. The monoisotopic (exact) mass is 274 g/mol. The van der Waals surface area contributed by atoms with Crippen LogP contribution in [0.4, 0.5) is 0 Å². The molecule has 2 aromatic rings. The fourth-order valence-electron chi connectivity index (χ4n) is 1.76. The molecule has 0 aliphatic heterocycles. The molecule has 0 atom stereocenters. The van der Waals surface area contributed by atoms with Gasteiger partial charge in [-0.15, -0.1) is 0 Å². The lowest BCUT2D eigenvalue weighted by atomic mass is 9.87. The van der Waals surface area contributed by atoms with Crippen LogP contribution in [0.25, 0.3) is 0 Å². The Kier molecular flexibility index (Phi) is 3.49. The predicted molar refractivity (Wildman–Crippen MR) is 76.7 cm³/mol. The van der Waals surface area contributed by atoms with Crippen LogP contribution in [0.5, 0.6) is 28.7 Å². The van der Waals surface area contributed by atoms with Gasteiger partial charge in [0.1, 0.15) is 5.75 Å². The van der Waals surface area contributed by atoms with Crippen LogP contribution in [0.1, 0.15) is 26.3 Å². The van der Waals surface area contributed by atoms with E-state index in [4.69, 9.17) is 4.74 Å². The van der Waals surface area contributed by atoms with Gasteiger partial charge in [-0.1, -0.05) is 26.8 Å². The summed E-state index contributed by atoms with van der Waals surface area (Å²) in [6.07, 6.45) is 0. The summed E-state index contributed by atoms with van der Waals surface area (Å²) in [6.45, 7) is 6.17. The number of phenolic OH excluding ortho intramolecular Hbond substituents is 3. The number of benzene rings is 2. The van der Waals surface area contributed by atoms with E-state index in [2.05, 4.69) is 20.8 Å². The van der Waals surface area contributed by atoms with Gasteiger partial charge in [-0.2, -0.15) is 0 Å². The van der Waals surface area contributed by atoms with Crippen LogP contribution < -0.4 is 4.74 Å². The molecule has 3 N–H and O–H groups in total. The first-order valence-corrected chi connectivity index (χ1v) is 6.31. The van der Waals surface area contributed by atoms with Gasteiger partial charge in [-0.25, -0.2) is 0 Å². The van der Waals surface area contributed by atoms with E-state index in [0.717, 1.165) is 5.56 Å². The molecule has 0 unspecified atom stereocenters. The summed E-state index contributed by atoms with van der Waals surface area (Å²) < 4.78 is 5.49. The van der Waals surface area contributed by atoms with Crippen LogP contribution in [-0.4, -0.2) is 15.3 Å². The summed E-state index contributed by atoms with van der Waals surface area (Å²) in [7, 11) is 0. The number of ether oxygens (including phenoxy) is 1. The van der Waals surface area contributed by atoms with Crippen LogP contribution in [0.2, 0.25) is 0 Å². The van der Waals surface area contributed by atoms with Crippen molar-refractivity contribution in [1.29, 1.82) is 0 Å². The van der Waals surface area contributed by atoms with Gasteiger partial charge in [0, 0.05) is 6.07 Å². The van der Waals surface area contributed by atoms with E-state index in [0.29, 0.717) is 11.5 Å². The molecule has 0 bridgehead atoms. The van der Waals surface area contributed by atoms with E-state index >= 15 is 0 Å². The third-order valence-corrected chi connectivity index (χ3v) is 3.00. The zero-order chi connectivity index (χ0) is 14.9. The van der Waals surface area contributed by atoms with Crippen LogP contribution in [-0.2, 0) is 5.41 Å². The highest BCUT2D eigenvalue weighted by molar-refractivity contribution is 5.48. The molecule has 0 amide bonds. The van der Waals surface area contributed by atoms with Gasteiger partial charge in [0.2, 0.25) is 0 Å². The summed E-state index contributed by atoms with van der Waals surface area (Å²) >= 11 is 0. The van der Waals surface area contributed by atoms with Crippen molar-refractivity contribution in [2.75, 3.05) is 0 Å². The van der Waals surface area contributed by atoms with Crippen molar-refractivity contribution < 1.29 is 20.1 Å². The number of aromatic hydroxyl groups is 3. The lowest BCUT2D eigenvalue weighted by molar-refractivity contribution is 0.390. The minimum Gasteiger partial charge on any atom is -0.504 e. The van der Waals surface area contributed by atoms with Crippen molar-refractivity contribution in [2.45, 2.75) is 26.2 Å². The Labute approximate surface area is 117 Å². The average Bonchev–Trinajstić information content (AvgIpc) is 2.35. The number of phenols is 3. The first-order valence-electron chi connectivity index (χ1n) is 6.31. The normalized spacial score (nSPS) is 11.3. The molecule has 2 aromatic carbocycles. The Morgan fingerprint density at radius 1 is 0.800 bits per heavy atom. The molecule has 4 nitrogen and oxygen atoms in total. The fraction of sp³-hybridized carbons (Fsp3) is 0.250. The summed E-state index contributed by atoms with van der Waals surface area (Å²) in [5.74, 6) is 0.171. The molecular formula is C16H18O4. The summed E-state index contributed by atoms with van der Waals surface area (Å²) in [6, 6.07) is 9.34. The maximum atomic E-state index is 10.0. The van der Waals surface area contributed by atoms with Crippen molar-refractivity contribution in [3.8, 4) is 28.7 Å². The van der Waals surface area contributed by atoms with Gasteiger partial charge >= 0.3 is 0 Å². The Morgan fingerprint density at radius 3 is 2.05 bits per heavy atom. The van der Waals surface area contributed by atoms with E-state index in [1.54, 1.807) is 12.1 Å². The van der Waals surface area contributed by atoms with E-state index in [1.807, 2.05) is 6.07 Å². The van der Waals surface area contributed by atoms with Crippen LogP contribution >= 0.6 is 0 Å². The van der Waals surface area contributed by atoms with Crippen LogP contribution in [0, 0.1) is 0 Å². The molecule has 4 heteroatoms. The fourth-order valence-corrected chi connectivity index (χ4v) is 1.76. The molecule has 20 heavy (non-hydrogen) atoms. The molecule has 0 aromatic heterocycles. The second kappa shape index (κ2) is 4.96.